The number of nitrogens with two attached hydrogens (primary N) is 1. The van der Waals surface area contributed by atoms with Crippen LogP contribution in [-0.2, 0) is 6.54 Å². The smallest absolute Gasteiger partial charge is 0.191 e. The van der Waals surface area contributed by atoms with Crippen molar-refractivity contribution < 1.29 is 0 Å². The first-order valence-corrected chi connectivity index (χ1v) is 9.46. The number of nitrogens with one attached hydrogen (secondary N) is 1. The summed E-state index contributed by atoms with van der Waals surface area (Å²) in [7, 11) is 0. The number of nitrogens with zero attached hydrogens (tertiary/aromatic N) is 5. The van der Waals surface area contributed by atoms with Gasteiger partial charge >= 0.3 is 0 Å². The molecule has 1 aliphatic heterocycles. The van der Waals surface area contributed by atoms with Gasteiger partial charge in [-0.25, -0.2) is 15.0 Å². The standard InChI is InChI=1S/C18H21N7S/c19-17(24-7-9-25(10-8-24)18-20-6-11-26-18)22-13-16-21-12-15(23-16)14-4-2-1-3-5-14/h1-6,11-12H,7-10,13H2,(H2,19,22)(H,21,23). The van der Waals surface area contributed by atoms with Gasteiger partial charge in [0.1, 0.15) is 12.4 Å². The number of rotatable bonds is 4. The first kappa shape index (κ1) is 16.6. The molecule has 0 bridgehead atoms. The van der Waals surface area contributed by atoms with Gasteiger partial charge in [0.25, 0.3) is 0 Å². The van der Waals surface area contributed by atoms with Crippen molar-refractivity contribution in [3.8, 4) is 11.3 Å². The van der Waals surface area contributed by atoms with Crippen molar-refractivity contribution in [1.82, 2.24) is 19.9 Å². The van der Waals surface area contributed by atoms with Crippen LogP contribution in [0.5, 0.6) is 0 Å². The Labute approximate surface area is 156 Å². The van der Waals surface area contributed by atoms with E-state index in [1.54, 1.807) is 11.3 Å². The van der Waals surface area contributed by atoms with Crippen LogP contribution in [0, 0.1) is 0 Å². The van der Waals surface area contributed by atoms with Crippen LogP contribution in [0.1, 0.15) is 5.82 Å². The molecule has 0 amide bonds. The van der Waals surface area contributed by atoms with Crippen molar-refractivity contribution in [3.63, 3.8) is 0 Å². The number of aliphatic imine (C=N–C) groups is 1. The highest BCUT2D eigenvalue weighted by molar-refractivity contribution is 7.13. The maximum Gasteiger partial charge on any atom is 0.191 e. The first-order chi connectivity index (χ1) is 12.8. The van der Waals surface area contributed by atoms with Gasteiger partial charge in [-0.15, -0.1) is 11.3 Å². The zero-order valence-electron chi connectivity index (χ0n) is 14.4. The molecule has 0 unspecified atom stereocenters. The number of aromatic amines is 1. The average Bonchev–Trinajstić information content (AvgIpc) is 3.39. The SMILES string of the molecule is NC(=NCc1ncc(-c2ccccc2)[nH]1)N1CCN(c2nccs2)CC1. The van der Waals surface area contributed by atoms with Crippen LogP contribution in [0.15, 0.2) is 53.1 Å². The van der Waals surface area contributed by atoms with Crippen LogP contribution in [0.25, 0.3) is 11.3 Å². The number of aromatic nitrogens is 3. The van der Waals surface area contributed by atoms with Crippen LogP contribution in [0.3, 0.4) is 0 Å². The summed E-state index contributed by atoms with van der Waals surface area (Å²) in [6.45, 7) is 3.96. The Balaban J connectivity index is 1.34. The van der Waals surface area contributed by atoms with E-state index in [4.69, 9.17) is 5.73 Å². The van der Waals surface area contributed by atoms with E-state index in [0.717, 1.165) is 48.4 Å². The molecule has 2 aromatic heterocycles. The van der Waals surface area contributed by atoms with E-state index in [2.05, 4.69) is 41.9 Å². The Morgan fingerprint density at radius 2 is 1.96 bits per heavy atom. The van der Waals surface area contributed by atoms with Crippen molar-refractivity contribution in [3.05, 3.63) is 53.9 Å². The maximum atomic E-state index is 6.18. The second-order valence-electron chi connectivity index (χ2n) is 6.07. The summed E-state index contributed by atoms with van der Waals surface area (Å²) >= 11 is 1.67. The van der Waals surface area contributed by atoms with Crippen LogP contribution >= 0.6 is 11.3 Å². The highest BCUT2D eigenvalue weighted by Gasteiger charge is 2.19. The van der Waals surface area contributed by atoms with Gasteiger partial charge < -0.3 is 20.5 Å². The fraction of sp³-hybridized carbons (Fsp3) is 0.278. The lowest BCUT2D eigenvalue weighted by Gasteiger charge is -2.35. The number of guanidine groups is 1. The third kappa shape index (κ3) is 3.70. The normalized spacial score (nSPS) is 15.5. The number of benzene rings is 1. The highest BCUT2D eigenvalue weighted by Crippen LogP contribution is 2.19. The largest absolute Gasteiger partial charge is 0.370 e. The van der Waals surface area contributed by atoms with Gasteiger partial charge in [-0.1, -0.05) is 30.3 Å². The predicted octanol–water partition coefficient (Wildman–Crippen LogP) is 2.17. The van der Waals surface area contributed by atoms with E-state index < -0.39 is 0 Å². The molecule has 3 heterocycles. The minimum atomic E-state index is 0.450. The number of thiazole rings is 1. The van der Waals surface area contributed by atoms with Crippen molar-refractivity contribution in [2.24, 2.45) is 10.7 Å². The summed E-state index contributed by atoms with van der Waals surface area (Å²) in [4.78, 5) is 21.0. The van der Waals surface area contributed by atoms with E-state index in [9.17, 15) is 0 Å². The molecule has 1 aliphatic rings. The molecule has 3 aromatic rings. The minimum Gasteiger partial charge on any atom is -0.370 e. The number of imidazole rings is 1. The minimum absolute atomic E-state index is 0.450. The van der Waals surface area contributed by atoms with E-state index in [1.165, 1.54) is 0 Å². The molecule has 0 atom stereocenters. The van der Waals surface area contributed by atoms with Crippen molar-refractivity contribution >= 4 is 22.4 Å². The lowest BCUT2D eigenvalue weighted by Crippen LogP contribution is -2.51. The molecule has 3 N–H and O–H groups in total. The van der Waals surface area contributed by atoms with Crippen LogP contribution in [0.2, 0.25) is 0 Å². The quantitative estimate of drug-likeness (QED) is 0.545. The molecule has 0 saturated carbocycles. The van der Waals surface area contributed by atoms with E-state index >= 15 is 0 Å². The van der Waals surface area contributed by atoms with Crippen LogP contribution < -0.4 is 10.6 Å². The van der Waals surface area contributed by atoms with Gasteiger partial charge in [0.15, 0.2) is 11.1 Å². The summed E-state index contributed by atoms with van der Waals surface area (Å²) in [6, 6.07) is 10.1. The molecule has 8 heteroatoms. The van der Waals surface area contributed by atoms with Gasteiger partial charge in [-0.2, -0.15) is 0 Å². The van der Waals surface area contributed by atoms with Gasteiger partial charge in [-0.3, -0.25) is 0 Å². The Morgan fingerprint density at radius 3 is 2.69 bits per heavy atom. The molecule has 26 heavy (non-hydrogen) atoms. The third-order valence-corrected chi connectivity index (χ3v) is 5.23. The lowest BCUT2D eigenvalue weighted by molar-refractivity contribution is 0.380. The molecule has 134 valence electrons. The summed E-state index contributed by atoms with van der Waals surface area (Å²) in [5.41, 5.74) is 8.29. The zero-order chi connectivity index (χ0) is 17.8. The average molecular weight is 367 g/mol. The number of piperazine rings is 1. The van der Waals surface area contributed by atoms with Gasteiger partial charge in [0.05, 0.1) is 11.9 Å². The van der Waals surface area contributed by atoms with Crippen molar-refractivity contribution in [1.29, 1.82) is 0 Å². The highest BCUT2D eigenvalue weighted by atomic mass is 32.1. The number of hydrogen-bond donors (Lipinski definition) is 2. The molecule has 1 fully saturated rings. The molecule has 1 saturated heterocycles. The molecule has 0 radical (unpaired) electrons. The topological polar surface area (TPSA) is 86.4 Å². The third-order valence-electron chi connectivity index (χ3n) is 4.40. The van der Waals surface area contributed by atoms with E-state index in [1.807, 2.05) is 36.0 Å². The van der Waals surface area contributed by atoms with Gasteiger partial charge in [0, 0.05) is 37.8 Å². The molecule has 7 nitrogen and oxygen atoms in total. The Kier molecular flexibility index (Phi) is 4.83. The number of H-pyrrole nitrogens is 1. The molecular formula is C18H21N7S. The Bertz CT molecular complexity index is 849. The van der Waals surface area contributed by atoms with E-state index in [-0.39, 0.29) is 0 Å². The van der Waals surface area contributed by atoms with Crippen molar-refractivity contribution in [2.75, 3.05) is 31.1 Å². The number of hydrogen-bond acceptors (Lipinski definition) is 5. The van der Waals surface area contributed by atoms with Gasteiger partial charge in [-0.05, 0) is 5.56 Å². The number of anilines is 1. The second kappa shape index (κ2) is 7.57. The van der Waals surface area contributed by atoms with Gasteiger partial charge in [0.2, 0.25) is 0 Å². The lowest BCUT2D eigenvalue weighted by atomic mass is 10.2. The summed E-state index contributed by atoms with van der Waals surface area (Å²) in [6.07, 6.45) is 3.68. The molecule has 1 aromatic carbocycles. The zero-order valence-corrected chi connectivity index (χ0v) is 15.2. The fourth-order valence-corrected chi connectivity index (χ4v) is 3.66. The monoisotopic (exact) mass is 367 g/mol. The molecule has 4 rings (SSSR count). The molecule has 0 spiro atoms. The van der Waals surface area contributed by atoms with Crippen LogP contribution in [-0.4, -0.2) is 52.0 Å². The molecule has 0 aliphatic carbocycles. The Morgan fingerprint density at radius 1 is 1.15 bits per heavy atom. The predicted molar refractivity (Wildman–Crippen MR) is 105 cm³/mol. The molecular weight excluding hydrogens is 346 g/mol. The van der Waals surface area contributed by atoms with Crippen molar-refractivity contribution in [2.45, 2.75) is 6.54 Å². The fourth-order valence-electron chi connectivity index (χ4n) is 2.96. The maximum absolute atomic E-state index is 6.18. The Hall–Kier alpha value is -2.87. The summed E-state index contributed by atoms with van der Waals surface area (Å²) in [5.74, 6) is 1.38. The summed E-state index contributed by atoms with van der Waals surface area (Å²) < 4.78 is 0. The van der Waals surface area contributed by atoms with E-state index in [0.29, 0.717) is 12.5 Å². The van der Waals surface area contributed by atoms with Crippen LogP contribution in [0.4, 0.5) is 5.13 Å². The second-order valence-corrected chi connectivity index (χ2v) is 6.95. The summed E-state index contributed by atoms with van der Waals surface area (Å²) in [5, 5.41) is 3.08. The first-order valence-electron chi connectivity index (χ1n) is 8.58.